The molecule has 2 heterocycles. The summed E-state index contributed by atoms with van der Waals surface area (Å²) in [5.74, 6) is 0.511. The normalized spacial score (nSPS) is 23.5. The number of ether oxygens (including phenoxy) is 3. The molecule has 5 rings (SSSR count). The zero-order valence-corrected chi connectivity index (χ0v) is 22.4. The Labute approximate surface area is 223 Å². The molecule has 5 unspecified atom stereocenters. The Bertz CT molecular complexity index is 1320. The Morgan fingerprint density at radius 3 is 2.13 bits per heavy atom. The molecule has 2 bridgehead atoms. The Balaban J connectivity index is 1.49. The maximum Gasteiger partial charge on any atom is 0.239 e. The highest BCUT2D eigenvalue weighted by atomic mass is 16.5. The molecule has 0 saturated carbocycles. The molecule has 0 radical (unpaired) electrons. The van der Waals surface area contributed by atoms with Crippen molar-refractivity contribution < 1.29 is 23.8 Å². The second-order valence-electron chi connectivity index (χ2n) is 10.3. The number of rotatable bonds is 7. The van der Waals surface area contributed by atoms with Gasteiger partial charge >= 0.3 is 0 Å². The Morgan fingerprint density at radius 1 is 0.947 bits per heavy atom. The maximum absolute atomic E-state index is 14.3. The minimum absolute atomic E-state index is 0.235. The fourth-order valence-corrected chi connectivity index (χ4v) is 5.88. The lowest BCUT2D eigenvalue weighted by atomic mass is 9.72. The summed E-state index contributed by atoms with van der Waals surface area (Å²) < 4.78 is 17.1. The quantitative estimate of drug-likeness (QED) is 0.428. The minimum atomic E-state index is -0.895. The van der Waals surface area contributed by atoms with Gasteiger partial charge in [-0.2, -0.15) is 0 Å². The van der Waals surface area contributed by atoms with Crippen molar-refractivity contribution in [2.45, 2.75) is 50.9 Å². The molecule has 7 heteroatoms. The molecule has 1 saturated heterocycles. The summed E-state index contributed by atoms with van der Waals surface area (Å²) in [7, 11) is 3.24. The number of para-hydroxylation sites is 1. The van der Waals surface area contributed by atoms with Gasteiger partial charge in [0.2, 0.25) is 11.8 Å². The van der Waals surface area contributed by atoms with E-state index in [0.717, 1.165) is 28.2 Å². The summed E-state index contributed by atoms with van der Waals surface area (Å²) >= 11 is 0. The fourth-order valence-electron chi connectivity index (χ4n) is 5.88. The Hall–Kier alpha value is -4.00. The third kappa shape index (κ3) is 4.46. The van der Waals surface area contributed by atoms with Crippen molar-refractivity contribution >= 4 is 11.8 Å². The van der Waals surface area contributed by atoms with Crippen LogP contribution in [0.25, 0.3) is 0 Å². The highest BCUT2D eigenvalue weighted by Crippen LogP contribution is 2.52. The number of nitrogens with one attached hydrogen (secondary N) is 1. The first-order chi connectivity index (χ1) is 18.3. The summed E-state index contributed by atoms with van der Waals surface area (Å²) in [4.78, 5) is 29.9. The molecule has 0 aromatic heterocycles. The van der Waals surface area contributed by atoms with Crippen molar-refractivity contribution in [1.29, 1.82) is 0 Å². The van der Waals surface area contributed by atoms with Gasteiger partial charge in [-0.15, -0.1) is 0 Å². The summed E-state index contributed by atoms with van der Waals surface area (Å²) in [6.07, 6.45) is 0.519. The summed E-state index contributed by atoms with van der Waals surface area (Å²) in [5.41, 5.74) is 1.87. The van der Waals surface area contributed by atoms with Gasteiger partial charge in [0.1, 0.15) is 23.2 Å². The van der Waals surface area contributed by atoms with E-state index in [1.54, 1.807) is 19.1 Å². The third-order valence-corrected chi connectivity index (χ3v) is 7.90. The van der Waals surface area contributed by atoms with E-state index in [4.69, 9.17) is 14.2 Å². The van der Waals surface area contributed by atoms with Gasteiger partial charge in [-0.25, -0.2) is 0 Å². The van der Waals surface area contributed by atoms with Crippen molar-refractivity contribution in [3.63, 3.8) is 0 Å². The first kappa shape index (κ1) is 25.6. The first-order valence-electron chi connectivity index (χ1n) is 12.9. The number of hydrogen-bond donors (Lipinski definition) is 1. The van der Waals surface area contributed by atoms with E-state index in [2.05, 4.69) is 5.32 Å². The summed E-state index contributed by atoms with van der Waals surface area (Å²) in [6.45, 7) is 5.85. The molecular formula is C31H34N2O5. The molecular weight excluding hydrogens is 480 g/mol. The van der Waals surface area contributed by atoms with Crippen molar-refractivity contribution in [3.8, 4) is 17.2 Å². The molecule has 38 heavy (non-hydrogen) atoms. The lowest BCUT2D eigenvalue weighted by Gasteiger charge is -2.54. The minimum Gasteiger partial charge on any atom is -0.497 e. The van der Waals surface area contributed by atoms with Crippen LogP contribution in [0.1, 0.15) is 61.9 Å². The van der Waals surface area contributed by atoms with Crippen molar-refractivity contribution in [3.05, 3.63) is 89.5 Å². The Morgan fingerprint density at radius 2 is 1.53 bits per heavy atom. The number of piperidine rings is 1. The number of fused-ring (bicyclic) bond motifs is 4. The van der Waals surface area contributed by atoms with Gasteiger partial charge in [0.15, 0.2) is 5.72 Å². The SMILES string of the molecule is COc1ccc(C(C)NC(=O)C2C(=O)N(C(C)c3ccc(OC)cc3)C3(C)CC2c2ccccc2O3)cc1. The number of carbonyl (C=O) groups is 2. The van der Waals surface area contributed by atoms with Gasteiger partial charge in [-0.3, -0.25) is 14.5 Å². The monoisotopic (exact) mass is 514 g/mol. The number of likely N-dealkylation sites (tertiary alicyclic amines) is 1. The van der Waals surface area contributed by atoms with E-state index in [1.807, 2.05) is 93.6 Å². The van der Waals surface area contributed by atoms with E-state index in [1.165, 1.54) is 0 Å². The van der Waals surface area contributed by atoms with E-state index in [9.17, 15) is 9.59 Å². The molecule has 2 aliphatic rings. The molecule has 1 N–H and O–H groups in total. The second-order valence-corrected chi connectivity index (χ2v) is 10.3. The number of benzene rings is 3. The first-order valence-corrected chi connectivity index (χ1v) is 12.9. The zero-order valence-electron chi connectivity index (χ0n) is 22.4. The van der Waals surface area contributed by atoms with Crippen molar-refractivity contribution in [2.75, 3.05) is 14.2 Å². The van der Waals surface area contributed by atoms with Crippen LogP contribution in [0.3, 0.4) is 0 Å². The fraction of sp³-hybridized carbons (Fsp3) is 0.355. The highest BCUT2D eigenvalue weighted by molar-refractivity contribution is 6.02. The number of carbonyl (C=O) groups excluding carboxylic acids is 2. The molecule has 5 atom stereocenters. The van der Waals surface area contributed by atoms with Crippen LogP contribution >= 0.6 is 0 Å². The zero-order chi connectivity index (χ0) is 27.0. The van der Waals surface area contributed by atoms with Crippen LogP contribution < -0.4 is 19.5 Å². The summed E-state index contributed by atoms with van der Waals surface area (Å²) in [5, 5.41) is 3.11. The number of hydrogen-bond acceptors (Lipinski definition) is 5. The standard InChI is InChI=1S/C31H34N2O5/c1-19(21-10-14-23(36-4)15-11-21)32-29(34)28-26-18-31(3,38-27-9-7-6-8-25(26)27)33(30(28)35)20(2)22-12-16-24(37-5)17-13-22/h6-17,19-20,26,28H,18H2,1-5H3,(H,32,34). The van der Waals surface area contributed by atoms with Gasteiger partial charge in [0.05, 0.1) is 26.3 Å². The number of nitrogens with zero attached hydrogens (tertiary/aromatic N) is 1. The third-order valence-electron chi connectivity index (χ3n) is 7.90. The topological polar surface area (TPSA) is 77.1 Å². The molecule has 3 aromatic carbocycles. The Kier molecular flexibility index (Phi) is 6.78. The molecule has 7 nitrogen and oxygen atoms in total. The molecule has 198 valence electrons. The van der Waals surface area contributed by atoms with E-state index >= 15 is 0 Å². The van der Waals surface area contributed by atoms with Gasteiger partial charge in [-0.1, -0.05) is 42.5 Å². The van der Waals surface area contributed by atoms with Crippen LogP contribution in [-0.2, 0) is 9.59 Å². The van der Waals surface area contributed by atoms with Gasteiger partial charge in [0.25, 0.3) is 0 Å². The smallest absolute Gasteiger partial charge is 0.239 e. The van der Waals surface area contributed by atoms with Crippen molar-refractivity contribution in [1.82, 2.24) is 10.2 Å². The molecule has 1 fully saturated rings. The predicted octanol–water partition coefficient (Wildman–Crippen LogP) is 5.38. The number of methoxy groups -OCH3 is 2. The van der Waals surface area contributed by atoms with Crippen LogP contribution in [0.5, 0.6) is 17.2 Å². The van der Waals surface area contributed by atoms with E-state index in [0.29, 0.717) is 12.2 Å². The highest BCUT2D eigenvalue weighted by Gasteiger charge is 2.57. The molecule has 0 spiro atoms. The van der Waals surface area contributed by atoms with Crippen LogP contribution in [-0.4, -0.2) is 36.7 Å². The van der Waals surface area contributed by atoms with Crippen LogP contribution in [0, 0.1) is 5.92 Å². The van der Waals surface area contributed by atoms with Gasteiger partial charge in [0, 0.05) is 12.3 Å². The second kappa shape index (κ2) is 10.0. The predicted molar refractivity (Wildman–Crippen MR) is 144 cm³/mol. The van der Waals surface area contributed by atoms with Crippen LogP contribution in [0.2, 0.25) is 0 Å². The maximum atomic E-state index is 14.3. The van der Waals surface area contributed by atoms with Crippen LogP contribution in [0.4, 0.5) is 0 Å². The average molecular weight is 515 g/mol. The van der Waals surface area contributed by atoms with Gasteiger partial charge in [-0.05, 0) is 67.8 Å². The average Bonchev–Trinajstić information content (AvgIpc) is 2.92. The van der Waals surface area contributed by atoms with E-state index in [-0.39, 0.29) is 29.8 Å². The van der Waals surface area contributed by atoms with E-state index < -0.39 is 11.6 Å². The molecule has 0 aliphatic carbocycles. The van der Waals surface area contributed by atoms with Gasteiger partial charge < -0.3 is 19.5 Å². The summed E-state index contributed by atoms with van der Waals surface area (Å²) in [6, 6.07) is 22.3. The van der Waals surface area contributed by atoms with Crippen LogP contribution in [0.15, 0.2) is 72.8 Å². The lowest BCUT2D eigenvalue weighted by molar-refractivity contribution is -0.182. The molecule has 2 amide bonds. The largest absolute Gasteiger partial charge is 0.497 e. The number of amides is 2. The van der Waals surface area contributed by atoms with Crippen molar-refractivity contribution in [2.24, 2.45) is 5.92 Å². The molecule has 3 aromatic rings. The lowest BCUT2D eigenvalue weighted by Crippen LogP contribution is -2.65. The molecule has 2 aliphatic heterocycles.